The molecule has 0 bridgehead atoms. The Kier molecular flexibility index (Phi) is 22.2. The Hall–Kier alpha value is 0. The second kappa shape index (κ2) is 22.2. The van der Waals surface area contributed by atoms with Gasteiger partial charge in [-0.25, -0.2) is 0 Å². The summed E-state index contributed by atoms with van der Waals surface area (Å²) in [6.45, 7) is 12.1. The molecule has 182 valence electrons. The quantitative estimate of drug-likeness (QED) is 0.136. The van der Waals surface area contributed by atoms with Gasteiger partial charge in [-0.3, -0.25) is 0 Å². The van der Waals surface area contributed by atoms with Gasteiger partial charge in [0.05, 0.1) is 0 Å². The topological polar surface area (TPSA) is 0 Å². The van der Waals surface area contributed by atoms with Crippen LogP contribution in [0.5, 0.6) is 0 Å². The third-order valence-electron chi connectivity index (χ3n) is 7.96. The Bertz CT molecular complexity index is 320. The van der Waals surface area contributed by atoms with Crippen molar-refractivity contribution in [2.75, 3.05) is 0 Å². The van der Waals surface area contributed by atoms with Crippen molar-refractivity contribution in [3.8, 4) is 0 Å². The van der Waals surface area contributed by atoms with Gasteiger partial charge in [0.15, 0.2) is 0 Å². The van der Waals surface area contributed by atoms with Crippen molar-refractivity contribution >= 4 is 0 Å². The highest BCUT2D eigenvalue weighted by molar-refractivity contribution is 4.82. The van der Waals surface area contributed by atoms with Crippen LogP contribution in [0.1, 0.15) is 182 Å². The molecule has 0 spiro atoms. The molecule has 2 unspecified atom stereocenters. The molecule has 0 saturated heterocycles. The van der Waals surface area contributed by atoms with Crippen LogP contribution in [0.15, 0.2) is 0 Å². The van der Waals surface area contributed by atoms with Gasteiger partial charge < -0.3 is 0 Å². The lowest BCUT2D eigenvalue weighted by Gasteiger charge is -2.38. The van der Waals surface area contributed by atoms with Crippen LogP contribution in [-0.4, -0.2) is 0 Å². The summed E-state index contributed by atoms with van der Waals surface area (Å²) < 4.78 is 0. The summed E-state index contributed by atoms with van der Waals surface area (Å²) in [6, 6.07) is 0. The summed E-state index contributed by atoms with van der Waals surface area (Å²) >= 11 is 0. The molecule has 0 aliphatic rings. The van der Waals surface area contributed by atoms with E-state index in [-0.39, 0.29) is 0 Å². The maximum absolute atomic E-state index is 2.64. The van der Waals surface area contributed by atoms with Gasteiger partial charge in [0.25, 0.3) is 0 Å². The summed E-state index contributed by atoms with van der Waals surface area (Å²) in [4.78, 5) is 0. The molecule has 0 aromatic carbocycles. The van der Waals surface area contributed by atoms with E-state index >= 15 is 0 Å². The fourth-order valence-corrected chi connectivity index (χ4v) is 5.33. The molecule has 0 saturated carbocycles. The molecule has 2 atom stereocenters. The summed E-state index contributed by atoms with van der Waals surface area (Å²) in [6.07, 6.45) is 33.4. The molecule has 0 aliphatic carbocycles. The minimum Gasteiger partial charge on any atom is -0.0654 e. The molecule has 0 N–H and O–H groups in total. The van der Waals surface area contributed by atoms with Gasteiger partial charge in [0.1, 0.15) is 0 Å². The zero-order valence-corrected chi connectivity index (χ0v) is 22.3. The number of hydrogen-bond acceptors (Lipinski definition) is 0. The van der Waals surface area contributed by atoms with E-state index in [4.69, 9.17) is 0 Å². The summed E-state index contributed by atoms with van der Waals surface area (Å²) in [5.41, 5.74) is 0.595. The zero-order chi connectivity index (χ0) is 22.3. The highest BCUT2D eigenvalue weighted by Gasteiger charge is 2.31. The largest absolute Gasteiger partial charge is 0.0654 e. The molecule has 0 radical (unpaired) electrons. The predicted octanol–water partition coefficient (Wildman–Crippen LogP) is 11.7. The van der Waals surface area contributed by atoms with Gasteiger partial charge >= 0.3 is 0 Å². The standard InChI is InChI=1S/C30H62/c1-6-10-13-15-17-18-19-20-21-23-25-28-30(5,9-4)29(26-12-8-3)27-24-22-16-14-11-7-2/h29H,6-28H2,1-5H3. The Morgan fingerprint density at radius 1 is 0.433 bits per heavy atom. The van der Waals surface area contributed by atoms with Crippen LogP contribution in [-0.2, 0) is 0 Å². The maximum atomic E-state index is 2.64. The van der Waals surface area contributed by atoms with E-state index in [1.807, 2.05) is 0 Å². The second-order valence-electron chi connectivity index (χ2n) is 10.7. The van der Waals surface area contributed by atoms with Gasteiger partial charge in [0.2, 0.25) is 0 Å². The molecule has 0 heteroatoms. The third kappa shape index (κ3) is 16.7. The second-order valence-corrected chi connectivity index (χ2v) is 10.7. The first-order valence-electron chi connectivity index (χ1n) is 14.6. The lowest BCUT2D eigenvalue weighted by Crippen LogP contribution is -2.27. The van der Waals surface area contributed by atoms with Crippen molar-refractivity contribution in [3.05, 3.63) is 0 Å². The minimum atomic E-state index is 0.595. The normalized spacial score (nSPS) is 14.7. The Balaban J connectivity index is 4.06. The van der Waals surface area contributed by atoms with E-state index < -0.39 is 0 Å². The van der Waals surface area contributed by atoms with Crippen LogP contribution < -0.4 is 0 Å². The Morgan fingerprint density at radius 2 is 0.800 bits per heavy atom. The van der Waals surface area contributed by atoms with Crippen molar-refractivity contribution in [2.45, 2.75) is 182 Å². The summed E-state index contributed by atoms with van der Waals surface area (Å²) in [5.74, 6) is 0.969. The van der Waals surface area contributed by atoms with E-state index in [0.717, 1.165) is 5.92 Å². The van der Waals surface area contributed by atoms with Gasteiger partial charge in [-0.15, -0.1) is 0 Å². The molecule has 0 fully saturated rings. The highest BCUT2D eigenvalue weighted by Crippen LogP contribution is 2.42. The lowest BCUT2D eigenvalue weighted by atomic mass is 9.67. The van der Waals surface area contributed by atoms with E-state index in [1.54, 1.807) is 0 Å². The molecule has 0 rings (SSSR count). The maximum Gasteiger partial charge on any atom is -0.0300 e. The van der Waals surface area contributed by atoms with Gasteiger partial charge in [-0.2, -0.15) is 0 Å². The molecule has 0 heterocycles. The first kappa shape index (κ1) is 30.0. The molecule has 0 aromatic rings. The van der Waals surface area contributed by atoms with Gasteiger partial charge in [-0.1, -0.05) is 163 Å². The molecule has 0 nitrogen and oxygen atoms in total. The van der Waals surface area contributed by atoms with Gasteiger partial charge in [-0.05, 0) is 30.6 Å². The fourth-order valence-electron chi connectivity index (χ4n) is 5.33. The average molecular weight is 423 g/mol. The predicted molar refractivity (Wildman–Crippen MR) is 140 cm³/mol. The van der Waals surface area contributed by atoms with Crippen LogP contribution in [0.3, 0.4) is 0 Å². The van der Waals surface area contributed by atoms with Crippen LogP contribution >= 0.6 is 0 Å². The Labute approximate surface area is 193 Å². The fraction of sp³-hybridized carbons (Fsp3) is 1.00. The molecular formula is C30H62. The van der Waals surface area contributed by atoms with E-state index in [0.29, 0.717) is 5.41 Å². The first-order chi connectivity index (χ1) is 14.6. The summed E-state index contributed by atoms with van der Waals surface area (Å²) in [5, 5.41) is 0. The van der Waals surface area contributed by atoms with Crippen molar-refractivity contribution in [1.29, 1.82) is 0 Å². The van der Waals surface area contributed by atoms with Crippen LogP contribution in [0.2, 0.25) is 0 Å². The number of unbranched alkanes of at least 4 members (excludes halogenated alkanes) is 16. The molecule has 0 aromatic heterocycles. The summed E-state index contributed by atoms with van der Waals surface area (Å²) in [7, 11) is 0. The zero-order valence-electron chi connectivity index (χ0n) is 22.3. The lowest BCUT2D eigenvalue weighted by molar-refractivity contribution is 0.130. The van der Waals surface area contributed by atoms with Crippen LogP contribution in [0, 0.1) is 11.3 Å². The van der Waals surface area contributed by atoms with E-state index in [9.17, 15) is 0 Å². The van der Waals surface area contributed by atoms with E-state index in [2.05, 4.69) is 34.6 Å². The van der Waals surface area contributed by atoms with Crippen molar-refractivity contribution in [2.24, 2.45) is 11.3 Å². The smallest absolute Gasteiger partial charge is 0.0300 e. The SMILES string of the molecule is CCCCCCCCCCCCCC(C)(CC)C(CCCC)CCCCCCCC. The number of rotatable bonds is 24. The monoisotopic (exact) mass is 422 g/mol. The van der Waals surface area contributed by atoms with Crippen LogP contribution in [0.4, 0.5) is 0 Å². The third-order valence-corrected chi connectivity index (χ3v) is 7.96. The molecule has 0 aliphatic heterocycles. The molecule has 0 amide bonds. The molecule has 30 heavy (non-hydrogen) atoms. The van der Waals surface area contributed by atoms with Gasteiger partial charge in [0, 0.05) is 0 Å². The molecular weight excluding hydrogens is 360 g/mol. The highest BCUT2D eigenvalue weighted by atomic mass is 14.4. The first-order valence-corrected chi connectivity index (χ1v) is 14.6. The Morgan fingerprint density at radius 3 is 1.23 bits per heavy atom. The van der Waals surface area contributed by atoms with Crippen molar-refractivity contribution in [1.82, 2.24) is 0 Å². The minimum absolute atomic E-state index is 0.595. The van der Waals surface area contributed by atoms with Crippen molar-refractivity contribution < 1.29 is 0 Å². The number of hydrogen-bond donors (Lipinski definition) is 0. The van der Waals surface area contributed by atoms with Crippen molar-refractivity contribution in [3.63, 3.8) is 0 Å². The average Bonchev–Trinajstić information content (AvgIpc) is 2.76. The van der Waals surface area contributed by atoms with Crippen LogP contribution in [0.25, 0.3) is 0 Å². The van der Waals surface area contributed by atoms with E-state index in [1.165, 1.54) is 148 Å².